The number of carboxylic acids is 1. The van der Waals surface area contributed by atoms with Crippen LogP contribution in [-0.4, -0.2) is 60.2 Å². The maximum absolute atomic E-state index is 11.6. The van der Waals surface area contributed by atoms with E-state index in [2.05, 4.69) is 5.32 Å². The molecule has 2 aromatic rings. The van der Waals surface area contributed by atoms with Gasteiger partial charge in [-0.1, -0.05) is 18.2 Å². The van der Waals surface area contributed by atoms with Gasteiger partial charge in [-0.2, -0.15) is 0 Å². The number of aliphatic carboxylic acids is 1. The van der Waals surface area contributed by atoms with Crippen molar-refractivity contribution in [3.05, 3.63) is 58.6 Å². The number of primary sulfonamides is 1. The van der Waals surface area contributed by atoms with Gasteiger partial charge in [-0.15, -0.1) is 11.8 Å². The van der Waals surface area contributed by atoms with Crippen molar-refractivity contribution >= 4 is 39.1 Å². The third-order valence-corrected chi connectivity index (χ3v) is 7.55. The van der Waals surface area contributed by atoms with Crippen LogP contribution < -0.4 is 10.5 Å². The fourth-order valence-electron chi connectivity index (χ4n) is 3.79. The van der Waals surface area contributed by atoms with E-state index in [0.29, 0.717) is 31.7 Å². The molecule has 0 unspecified atom stereocenters. The number of hydrogen-bond donors (Lipinski definition) is 3. The Hall–Kier alpha value is -2.67. The fraction of sp³-hybridized carbons (Fsp3) is 0.381. The number of benzene rings is 2. The maximum atomic E-state index is 11.6. The zero-order valence-electron chi connectivity index (χ0n) is 17.8. The van der Waals surface area contributed by atoms with Crippen molar-refractivity contribution < 1.29 is 23.2 Å². The lowest BCUT2D eigenvalue weighted by molar-refractivity contribution is -0.384. The van der Waals surface area contributed by atoms with Gasteiger partial charge in [0.2, 0.25) is 10.0 Å². The summed E-state index contributed by atoms with van der Waals surface area (Å²) < 4.78 is 23.2. The van der Waals surface area contributed by atoms with Gasteiger partial charge in [0.15, 0.2) is 0 Å². The third-order valence-electron chi connectivity index (χ3n) is 5.46. The summed E-state index contributed by atoms with van der Waals surface area (Å²) >= 11 is 1.58. The van der Waals surface area contributed by atoms with E-state index in [1.54, 1.807) is 11.8 Å². The van der Waals surface area contributed by atoms with Crippen molar-refractivity contribution in [2.24, 2.45) is 5.14 Å². The molecule has 2 aromatic carbocycles. The summed E-state index contributed by atoms with van der Waals surface area (Å²) in [6.07, 6.45) is 1.97. The molecule has 0 aromatic heterocycles. The second-order valence-electron chi connectivity index (χ2n) is 7.77. The van der Waals surface area contributed by atoms with Crippen molar-refractivity contribution in [3.8, 4) is 0 Å². The van der Waals surface area contributed by atoms with E-state index in [0.717, 1.165) is 17.4 Å². The van der Waals surface area contributed by atoms with E-state index in [-0.39, 0.29) is 22.3 Å². The number of rotatable bonds is 11. The minimum Gasteiger partial charge on any atom is -0.480 e. The molecular formula is C21H26N4O6S2. The normalized spacial score (nSPS) is 17.5. The highest BCUT2D eigenvalue weighted by atomic mass is 32.2. The summed E-state index contributed by atoms with van der Waals surface area (Å²) in [7, 11) is -4.08. The van der Waals surface area contributed by atoms with Gasteiger partial charge in [-0.05, 0) is 50.1 Å². The number of sulfonamides is 1. The van der Waals surface area contributed by atoms with Crippen LogP contribution in [0.15, 0.2) is 58.3 Å². The first kappa shape index (κ1) is 25.0. The number of anilines is 1. The lowest BCUT2D eigenvalue weighted by Crippen LogP contribution is -2.38. The first-order valence-electron chi connectivity index (χ1n) is 10.4. The van der Waals surface area contributed by atoms with Gasteiger partial charge in [0.1, 0.15) is 11.7 Å². The Morgan fingerprint density at radius 3 is 2.67 bits per heavy atom. The van der Waals surface area contributed by atoms with Crippen molar-refractivity contribution in [3.63, 3.8) is 0 Å². The molecule has 0 amide bonds. The molecule has 1 aliphatic rings. The summed E-state index contributed by atoms with van der Waals surface area (Å²) in [6, 6.07) is 12.4. The van der Waals surface area contributed by atoms with E-state index in [1.165, 1.54) is 12.1 Å². The number of carbonyl (C=O) groups is 1. The van der Waals surface area contributed by atoms with E-state index < -0.39 is 27.0 Å². The molecule has 10 nitrogen and oxygen atoms in total. The van der Waals surface area contributed by atoms with Crippen molar-refractivity contribution in [1.29, 1.82) is 0 Å². The van der Waals surface area contributed by atoms with Gasteiger partial charge < -0.3 is 10.4 Å². The summed E-state index contributed by atoms with van der Waals surface area (Å²) in [5, 5.41) is 29.3. The molecule has 0 saturated carbocycles. The minimum atomic E-state index is -4.08. The van der Waals surface area contributed by atoms with Crippen LogP contribution in [0.2, 0.25) is 0 Å². The van der Waals surface area contributed by atoms with Crippen LogP contribution in [0.1, 0.15) is 19.3 Å². The van der Waals surface area contributed by atoms with Crippen LogP contribution >= 0.6 is 11.8 Å². The Balaban J connectivity index is 1.79. The Labute approximate surface area is 196 Å². The van der Waals surface area contributed by atoms with Crippen LogP contribution in [-0.2, 0) is 14.8 Å². The monoisotopic (exact) mass is 494 g/mol. The highest BCUT2D eigenvalue weighted by Crippen LogP contribution is 2.30. The molecule has 0 aliphatic carbocycles. The number of nitrogens with one attached hydrogen (secondary N) is 1. The quantitative estimate of drug-likeness (QED) is 0.243. The highest BCUT2D eigenvalue weighted by Gasteiger charge is 2.31. The molecule has 1 saturated heterocycles. The predicted molar refractivity (Wildman–Crippen MR) is 126 cm³/mol. The van der Waals surface area contributed by atoms with Crippen LogP contribution in [0.3, 0.4) is 0 Å². The summed E-state index contributed by atoms with van der Waals surface area (Å²) in [6.45, 7) is 1.21. The van der Waals surface area contributed by atoms with Gasteiger partial charge in [0.05, 0.1) is 9.82 Å². The van der Waals surface area contributed by atoms with Gasteiger partial charge >= 0.3 is 5.97 Å². The van der Waals surface area contributed by atoms with Gasteiger partial charge in [-0.25, -0.2) is 13.6 Å². The van der Waals surface area contributed by atoms with E-state index in [4.69, 9.17) is 5.14 Å². The van der Waals surface area contributed by atoms with Crippen molar-refractivity contribution in [1.82, 2.24) is 4.90 Å². The first-order valence-corrected chi connectivity index (χ1v) is 12.9. The van der Waals surface area contributed by atoms with Crippen LogP contribution in [0.5, 0.6) is 0 Å². The first-order chi connectivity index (χ1) is 15.6. The molecule has 0 spiro atoms. The lowest BCUT2D eigenvalue weighted by Gasteiger charge is -2.25. The molecular weight excluding hydrogens is 468 g/mol. The SMILES string of the molecule is NS(=O)(=O)c1ccc(N[C@H](CCN2CCC[C@H]2C(=O)O)CSc2ccccc2)c([N+](=O)[O-])c1. The average Bonchev–Trinajstić information content (AvgIpc) is 3.24. The van der Waals surface area contributed by atoms with Crippen LogP contribution in [0, 0.1) is 10.1 Å². The summed E-state index contributed by atoms with van der Waals surface area (Å²) in [4.78, 5) is 25.1. The molecule has 12 heteroatoms. The molecule has 1 heterocycles. The number of nitrogens with two attached hydrogens (primary N) is 1. The standard InChI is InChI=1S/C21H26N4O6S2/c22-33(30,31)17-8-9-18(20(13-17)25(28)29)23-15(14-32-16-5-2-1-3-6-16)10-12-24-11-4-7-19(24)21(26)27/h1-3,5-6,8-9,13,15,19,23H,4,7,10-12,14H2,(H,26,27)(H2,22,30,31)/t15-,19+/m1/s1. The maximum Gasteiger partial charge on any atom is 0.320 e. The molecule has 4 N–H and O–H groups in total. The summed E-state index contributed by atoms with van der Waals surface area (Å²) in [5.74, 6) is -0.270. The number of nitro benzene ring substituents is 1. The number of nitrogens with zero attached hydrogens (tertiary/aromatic N) is 2. The minimum absolute atomic E-state index is 0.183. The van der Waals surface area contributed by atoms with Crippen LogP contribution in [0.25, 0.3) is 0 Å². The Bertz CT molecular complexity index is 1100. The second kappa shape index (κ2) is 11.0. The average molecular weight is 495 g/mol. The molecule has 3 rings (SSSR count). The Morgan fingerprint density at radius 1 is 1.30 bits per heavy atom. The van der Waals surface area contributed by atoms with Gasteiger partial charge in [0, 0.05) is 29.3 Å². The fourth-order valence-corrected chi connectivity index (χ4v) is 5.31. The zero-order valence-corrected chi connectivity index (χ0v) is 19.4. The van der Waals surface area contributed by atoms with Gasteiger partial charge in [0.25, 0.3) is 5.69 Å². The molecule has 1 aliphatic heterocycles. The predicted octanol–water partition coefficient (Wildman–Crippen LogP) is 2.75. The molecule has 0 bridgehead atoms. The number of thioether (sulfide) groups is 1. The third kappa shape index (κ3) is 6.90. The molecule has 0 radical (unpaired) electrons. The topological polar surface area (TPSA) is 156 Å². The van der Waals surface area contributed by atoms with Crippen molar-refractivity contribution in [2.75, 3.05) is 24.2 Å². The molecule has 1 fully saturated rings. The highest BCUT2D eigenvalue weighted by molar-refractivity contribution is 7.99. The second-order valence-corrected chi connectivity index (χ2v) is 10.4. The van der Waals surface area contributed by atoms with Crippen molar-refractivity contribution in [2.45, 2.75) is 41.1 Å². The van der Waals surface area contributed by atoms with E-state index >= 15 is 0 Å². The molecule has 33 heavy (non-hydrogen) atoms. The number of hydrogen-bond acceptors (Lipinski definition) is 8. The summed E-state index contributed by atoms with van der Waals surface area (Å²) in [5.41, 5.74) is -0.205. The molecule has 178 valence electrons. The zero-order chi connectivity index (χ0) is 24.0. The largest absolute Gasteiger partial charge is 0.480 e. The molecule has 2 atom stereocenters. The van der Waals surface area contributed by atoms with E-state index in [9.17, 15) is 28.4 Å². The Kier molecular flexibility index (Phi) is 8.30. The Morgan fingerprint density at radius 2 is 2.03 bits per heavy atom. The number of carboxylic acid groups (broad SMARTS) is 1. The number of likely N-dealkylation sites (tertiary alicyclic amines) is 1. The lowest BCUT2D eigenvalue weighted by atomic mass is 10.1. The van der Waals surface area contributed by atoms with Gasteiger partial charge in [-0.3, -0.25) is 19.8 Å². The smallest absolute Gasteiger partial charge is 0.320 e. The number of nitro groups is 1. The van der Waals surface area contributed by atoms with E-state index in [1.807, 2.05) is 35.2 Å². The van der Waals surface area contributed by atoms with Crippen LogP contribution in [0.4, 0.5) is 11.4 Å².